The second-order valence-electron chi connectivity index (χ2n) is 2.04. The van der Waals surface area contributed by atoms with Crippen LogP contribution in [0.25, 0.3) is 0 Å². The Morgan fingerprint density at radius 1 is 1.56 bits per heavy atom. The fourth-order valence-electron chi connectivity index (χ4n) is 0.820. The van der Waals surface area contributed by atoms with Crippen molar-refractivity contribution in [3.63, 3.8) is 0 Å². The van der Waals surface area contributed by atoms with Gasteiger partial charge in [0.15, 0.2) is 0 Å². The molecule has 0 saturated carbocycles. The van der Waals surface area contributed by atoms with Gasteiger partial charge in [0.25, 0.3) is 0 Å². The Balaban J connectivity index is 2.37. The van der Waals surface area contributed by atoms with Crippen LogP contribution in [0.3, 0.4) is 0 Å². The monoisotopic (exact) mass is 122 g/mol. The predicted molar refractivity (Wildman–Crippen MR) is 36.9 cm³/mol. The van der Waals surface area contributed by atoms with Crippen LogP contribution in [0.15, 0.2) is 12.2 Å². The van der Waals surface area contributed by atoms with E-state index >= 15 is 0 Å². The summed E-state index contributed by atoms with van der Waals surface area (Å²) in [6, 6.07) is 0. The van der Waals surface area contributed by atoms with Crippen LogP contribution in [0.2, 0.25) is 0 Å². The normalized spacial score (nSPS) is 26.8. The van der Waals surface area contributed by atoms with Crippen LogP contribution in [-0.2, 0) is 4.74 Å². The van der Waals surface area contributed by atoms with Crippen molar-refractivity contribution >= 4 is 0 Å². The topological polar surface area (TPSA) is 9.23 Å². The number of ether oxygens (including phenoxy) is 1. The van der Waals surface area contributed by atoms with Gasteiger partial charge in [0.2, 0.25) is 0 Å². The van der Waals surface area contributed by atoms with Crippen LogP contribution in [0.4, 0.5) is 0 Å². The molecule has 0 N–H and O–H groups in total. The number of allylic oxidation sites excluding steroid dienone is 1. The molecule has 1 rings (SSSR count). The fraction of sp³-hybridized carbons (Fsp3) is 0.500. The molecule has 1 heterocycles. The summed E-state index contributed by atoms with van der Waals surface area (Å²) in [5.74, 6) is 2.58. The first-order valence-corrected chi connectivity index (χ1v) is 3.16. The molecule has 0 radical (unpaired) electrons. The van der Waals surface area contributed by atoms with E-state index in [9.17, 15) is 0 Å². The highest BCUT2D eigenvalue weighted by atomic mass is 16.5. The highest BCUT2D eigenvalue weighted by Gasteiger charge is 2.03. The fourth-order valence-corrected chi connectivity index (χ4v) is 0.820. The Labute approximate surface area is 55.7 Å². The molecule has 1 heteroatoms. The van der Waals surface area contributed by atoms with Gasteiger partial charge in [-0.05, 0) is 12.8 Å². The van der Waals surface area contributed by atoms with Crippen molar-refractivity contribution in [2.45, 2.75) is 18.9 Å². The average molecular weight is 122 g/mol. The third kappa shape index (κ3) is 1.91. The lowest BCUT2D eigenvalue weighted by Crippen LogP contribution is -2.07. The second-order valence-corrected chi connectivity index (χ2v) is 2.04. The van der Waals surface area contributed by atoms with E-state index in [4.69, 9.17) is 11.2 Å². The van der Waals surface area contributed by atoms with Gasteiger partial charge in [-0.3, -0.25) is 0 Å². The molecule has 1 nitrogen and oxygen atoms in total. The first-order chi connectivity index (χ1) is 4.43. The lowest BCUT2D eigenvalue weighted by Gasteiger charge is -2.04. The van der Waals surface area contributed by atoms with E-state index in [1.807, 2.05) is 6.08 Å². The van der Waals surface area contributed by atoms with Crippen molar-refractivity contribution in [3.8, 4) is 12.3 Å². The van der Waals surface area contributed by atoms with Gasteiger partial charge < -0.3 is 4.74 Å². The molecule has 9 heavy (non-hydrogen) atoms. The smallest absolute Gasteiger partial charge is 0.118 e. The van der Waals surface area contributed by atoms with Crippen LogP contribution < -0.4 is 0 Å². The van der Waals surface area contributed by atoms with Gasteiger partial charge in [-0.25, -0.2) is 0 Å². The first-order valence-electron chi connectivity index (χ1n) is 3.16. The van der Waals surface area contributed by atoms with Gasteiger partial charge in [-0.1, -0.05) is 18.1 Å². The Morgan fingerprint density at radius 2 is 2.44 bits per heavy atom. The zero-order valence-corrected chi connectivity index (χ0v) is 5.34. The van der Waals surface area contributed by atoms with E-state index in [1.54, 1.807) is 0 Å². The summed E-state index contributed by atoms with van der Waals surface area (Å²) in [5, 5.41) is 0. The number of hydrogen-bond donors (Lipinski definition) is 0. The van der Waals surface area contributed by atoms with E-state index in [0.717, 1.165) is 12.8 Å². The van der Waals surface area contributed by atoms with Gasteiger partial charge in [0.1, 0.15) is 6.10 Å². The summed E-state index contributed by atoms with van der Waals surface area (Å²) in [5.41, 5.74) is 0. The van der Waals surface area contributed by atoms with Gasteiger partial charge in [-0.2, -0.15) is 0 Å². The van der Waals surface area contributed by atoms with E-state index in [0.29, 0.717) is 6.61 Å². The van der Waals surface area contributed by atoms with Gasteiger partial charge in [0, 0.05) is 0 Å². The van der Waals surface area contributed by atoms with E-state index in [2.05, 4.69) is 12.0 Å². The highest BCUT2D eigenvalue weighted by Crippen LogP contribution is 2.05. The molecule has 48 valence electrons. The molecule has 0 saturated heterocycles. The van der Waals surface area contributed by atoms with Crippen molar-refractivity contribution < 1.29 is 4.74 Å². The third-order valence-electron chi connectivity index (χ3n) is 1.34. The summed E-state index contributed by atoms with van der Waals surface area (Å²) in [6.45, 7) is 0.675. The van der Waals surface area contributed by atoms with Crippen molar-refractivity contribution in [1.82, 2.24) is 0 Å². The van der Waals surface area contributed by atoms with Crippen LogP contribution >= 0.6 is 0 Å². The lowest BCUT2D eigenvalue weighted by molar-refractivity contribution is 0.115. The Morgan fingerprint density at radius 3 is 3.22 bits per heavy atom. The van der Waals surface area contributed by atoms with Gasteiger partial charge >= 0.3 is 0 Å². The molecular formula is C8H10O. The van der Waals surface area contributed by atoms with Crippen molar-refractivity contribution in [1.29, 1.82) is 0 Å². The average Bonchev–Trinajstić information content (AvgIpc) is 2.13. The minimum Gasteiger partial charge on any atom is -0.361 e. The molecule has 0 fully saturated rings. The largest absolute Gasteiger partial charge is 0.361 e. The number of hydrogen-bond acceptors (Lipinski definition) is 1. The molecule has 0 spiro atoms. The number of terminal acetylenes is 1. The molecule has 0 aromatic heterocycles. The highest BCUT2D eigenvalue weighted by molar-refractivity contribution is 4.98. The second kappa shape index (κ2) is 3.32. The SMILES string of the molecule is C#CC1CCC=CCO1. The lowest BCUT2D eigenvalue weighted by atomic mass is 10.2. The predicted octanol–water partition coefficient (Wildman–Crippen LogP) is 1.35. The van der Waals surface area contributed by atoms with Crippen molar-refractivity contribution in [2.24, 2.45) is 0 Å². The standard InChI is InChI=1S/C8H10O/c1-2-8-6-4-3-5-7-9-8/h1,3,5,8H,4,6-7H2. The molecule has 0 aromatic rings. The molecule has 1 atom stereocenters. The molecule has 0 bridgehead atoms. The molecule has 1 aliphatic rings. The van der Waals surface area contributed by atoms with Gasteiger partial charge in [-0.15, -0.1) is 6.42 Å². The summed E-state index contributed by atoms with van der Waals surface area (Å²) in [4.78, 5) is 0. The Hall–Kier alpha value is -0.740. The molecule has 0 amide bonds. The zero-order valence-electron chi connectivity index (χ0n) is 5.34. The Bertz CT molecular complexity index is 131. The van der Waals surface area contributed by atoms with Crippen molar-refractivity contribution in [3.05, 3.63) is 12.2 Å². The Kier molecular flexibility index (Phi) is 2.35. The number of rotatable bonds is 0. The molecule has 0 aliphatic carbocycles. The van der Waals surface area contributed by atoms with Crippen LogP contribution in [0.5, 0.6) is 0 Å². The zero-order chi connectivity index (χ0) is 6.53. The van der Waals surface area contributed by atoms with Crippen LogP contribution in [0, 0.1) is 12.3 Å². The molecular weight excluding hydrogens is 112 g/mol. The molecule has 1 aliphatic heterocycles. The van der Waals surface area contributed by atoms with E-state index in [-0.39, 0.29) is 6.10 Å². The maximum absolute atomic E-state index is 5.23. The summed E-state index contributed by atoms with van der Waals surface area (Å²) < 4.78 is 5.23. The third-order valence-corrected chi connectivity index (χ3v) is 1.34. The first kappa shape index (κ1) is 6.38. The summed E-state index contributed by atoms with van der Waals surface area (Å²) in [6.07, 6.45) is 11.3. The maximum Gasteiger partial charge on any atom is 0.118 e. The van der Waals surface area contributed by atoms with E-state index in [1.165, 1.54) is 0 Å². The molecule has 1 unspecified atom stereocenters. The minimum atomic E-state index is 0.0417. The molecule has 0 aromatic carbocycles. The van der Waals surface area contributed by atoms with Crippen molar-refractivity contribution in [2.75, 3.05) is 6.61 Å². The van der Waals surface area contributed by atoms with Crippen LogP contribution in [0.1, 0.15) is 12.8 Å². The van der Waals surface area contributed by atoms with E-state index < -0.39 is 0 Å². The van der Waals surface area contributed by atoms with Crippen LogP contribution in [-0.4, -0.2) is 12.7 Å². The maximum atomic E-state index is 5.23. The quantitative estimate of drug-likeness (QED) is 0.348. The summed E-state index contributed by atoms with van der Waals surface area (Å²) in [7, 11) is 0. The van der Waals surface area contributed by atoms with Gasteiger partial charge in [0.05, 0.1) is 6.61 Å². The summed E-state index contributed by atoms with van der Waals surface area (Å²) >= 11 is 0. The minimum absolute atomic E-state index is 0.0417.